The smallest absolute Gasteiger partial charge is 0.217 e. The van der Waals surface area contributed by atoms with Gasteiger partial charge >= 0.3 is 0 Å². The first-order valence-electron chi connectivity index (χ1n) is 10.3. The van der Waals surface area contributed by atoms with Crippen molar-refractivity contribution in [2.24, 2.45) is 4.99 Å². The van der Waals surface area contributed by atoms with Gasteiger partial charge in [0.2, 0.25) is 11.8 Å². The highest BCUT2D eigenvalue weighted by Crippen LogP contribution is 2.13. The molecular formula is C22H34N2O3. The summed E-state index contributed by atoms with van der Waals surface area (Å²) in [5.41, 5.74) is 1.01. The van der Waals surface area contributed by atoms with E-state index in [-0.39, 0.29) is 18.0 Å². The van der Waals surface area contributed by atoms with Gasteiger partial charge in [-0.2, -0.15) is 0 Å². The van der Waals surface area contributed by atoms with Gasteiger partial charge in [-0.25, -0.2) is 4.99 Å². The molecule has 1 N–H and O–H groups in total. The summed E-state index contributed by atoms with van der Waals surface area (Å²) in [7, 11) is 0. The van der Waals surface area contributed by atoms with Gasteiger partial charge in [-0.3, -0.25) is 4.79 Å². The van der Waals surface area contributed by atoms with Crippen LogP contribution in [-0.2, 0) is 14.3 Å². The van der Waals surface area contributed by atoms with Gasteiger partial charge in [0.25, 0.3) is 0 Å². The summed E-state index contributed by atoms with van der Waals surface area (Å²) in [6, 6.07) is 10.2. The molecule has 150 valence electrons. The first-order chi connectivity index (χ1) is 13.2. The Balaban J connectivity index is 1.65. The number of aliphatic imine (C=N–C) groups is 1. The van der Waals surface area contributed by atoms with Crippen LogP contribution in [0.5, 0.6) is 0 Å². The SMILES string of the molecule is CCCCCCC[C@@H](CCOC[C@@H]1COC(c2ccccc2)=N1)NC(C)=O. The normalized spacial score (nSPS) is 17.3. The van der Waals surface area contributed by atoms with E-state index in [1.807, 2.05) is 30.3 Å². The highest BCUT2D eigenvalue weighted by Gasteiger charge is 2.20. The largest absolute Gasteiger partial charge is 0.475 e. The molecule has 5 nitrogen and oxygen atoms in total. The maximum Gasteiger partial charge on any atom is 0.217 e. The fourth-order valence-electron chi connectivity index (χ4n) is 3.25. The minimum absolute atomic E-state index is 0.0369. The fraction of sp³-hybridized carbons (Fsp3) is 0.636. The maximum atomic E-state index is 11.4. The van der Waals surface area contributed by atoms with Crippen LogP contribution in [0.3, 0.4) is 0 Å². The van der Waals surface area contributed by atoms with E-state index in [9.17, 15) is 4.79 Å². The number of benzene rings is 1. The van der Waals surface area contributed by atoms with Crippen LogP contribution in [0.1, 0.15) is 64.4 Å². The number of carbonyl (C=O) groups is 1. The van der Waals surface area contributed by atoms with E-state index >= 15 is 0 Å². The molecule has 0 unspecified atom stereocenters. The summed E-state index contributed by atoms with van der Waals surface area (Å²) in [5, 5.41) is 3.06. The lowest BCUT2D eigenvalue weighted by Gasteiger charge is -2.18. The Morgan fingerprint density at radius 3 is 2.74 bits per heavy atom. The third-order valence-electron chi connectivity index (χ3n) is 4.72. The molecule has 1 aromatic carbocycles. The molecule has 1 amide bonds. The molecule has 1 aromatic rings. The highest BCUT2D eigenvalue weighted by molar-refractivity contribution is 5.95. The molecule has 27 heavy (non-hydrogen) atoms. The second-order valence-corrected chi connectivity index (χ2v) is 7.23. The number of hydrogen-bond donors (Lipinski definition) is 1. The second-order valence-electron chi connectivity index (χ2n) is 7.23. The molecule has 2 atom stereocenters. The van der Waals surface area contributed by atoms with E-state index in [0.29, 0.717) is 25.7 Å². The van der Waals surface area contributed by atoms with E-state index in [0.717, 1.165) is 24.8 Å². The van der Waals surface area contributed by atoms with E-state index in [1.54, 1.807) is 6.92 Å². The molecule has 0 bridgehead atoms. The number of nitrogens with zero attached hydrogens (tertiary/aromatic N) is 1. The van der Waals surface area contributed by atoms with Crippen molar-refractivity contribution in [3.8, 4) is 0 Å². The van der Waals surface area contributed by atoms with Crippen molar-refractivity contribution in [1.29, 1.82) is 0 Å². The second kappa shape index (κ2) is 12.5. The van der Waals surface area contributed by atoms with Crippen molar-refractivity contribution < 1.29 is 14.3 Å². The monoisotopic (exact) mass is 374 g/mol. The lowest BCUT2D eigenvalue weighted by molar-refractivity contribution is -0.119. The Morgan fingerprint density at radius 1 is 1.22 bits per heavy atom. The van der Waals surface area contributed by atoms with Gasteiger partial charge in [0.15, 0.2) is 0 Å². The molecule has 1 aliphatic heterocycles. The third-order valence-corrected chi connectivity index (χ3v) is 4.72. The van der Waals surface area contributed by atoms with Crippen LogP contribution < -0.4 is 5.32 Å². The van der Waals surface area contributed by atoms with Gasteiger partial charge in [-0.15, -0.1) is 0 Å². The Morgan fingerprint density at radius 2 is 2.00 bits per heavy atom. The molecule has 0 aromatic heterocycles. The summed E-state index contributed by atoms with van der Waals surface area (Å²) in [6.07, 6.45) is 8.09. The predicted octanol–water partition coefficient (Wildman–Crippen LogP) is 4.10. The van der Waals surface area contributed by atoms with Crippen LogP contribution in [0.2, 0.25) is 0 Å². The van der Waals surface area contributed by atoms with Crippen LogP contribution in [0, 0.1) is 0 Å². The van der Waals surface area contributed by atoms with Crippen molar-refractivity contribution in [3.63, 3.8) is 0 Å². The average Bonchev–Trinajstić information content (AvgIpc) is 3.14. The standard InChI is InChI=1S/C22H34N2O3/c1-3-4-5-6-10-13-20(23-18(2)25)14-15-26-16-21-17-27-22(24-21)19-11-8-7-9-12-19/h7-9,11-12,20-21H,3-6,10,13-17H2,1-2H3,(H,23,25)/t20-,21+/m0/s1. The predicted molar refractivity (Wildman–Crippen MR) is 109 cm³/mol. The molecule has 5 heteroatoms. The summed E-state index contributed by atoms with van der Waals surface area (Å²) in [4.78, 5) is 16.0. The Kier molecular flexibility index (Phi) is 9.91. The van der Waals surface area contributed by atoms with Crippen molar-refractivity contribution >= 4 is 11.8 Å². The van der Waals surface area contributed by atoms with E-state index in [1.165, 1.54) is 25.7 Å². The Hall–Kier alpha value is -1.88. The zero-order valence-electron chi connectivity index (χ0n) is 16.8. The topological polar surface area (TPSA) is 59.9 Å². The maximum absolute atomic E-state index is 11.4. The van der Waals surface area contributed by atoms with Crippen molar-refractivity contribution in [3.05, 3.63) is 35.9 Å². The number of amides is 1. The Labute approximate surface area is 163 Å². The zero-order chi connectivity index (χ0) is 19.3. The minimum Gasteiger partial charge on any atom is -0.475 e. The van der Waals surface area contributed by atoms with Crippen LogP contribution in [0.15, 0.2) is 35.3 Å². The number of unbranched alkanes of at least 4 members (excludes halogenated alkanes) is 4. The molecule has 0 spiro atoms. The minimum atomic E-state index is 0.0369. The number of hydrogen-bond acceptors (Lipinski definition) is 4. The van der Waals surface area contributed by atoms with E-state index in [2.05, 4.69) is 17.2 Å². The van der Waals surface area contributed by atoms with Crippen LogP contribution in [-0.4, -0.2) is 43.7 Å². The molecule has 1 heterocycles. The first-order valence-corrected chi connectivity index (χ1v) is 10.3. The molecule has 0 aliphatic carbocycles. The summed E-state index contributed by atoms with van der Waals surface area (Å²) in [5.74, 6) is 0.738. The molecular weight excluding hydrogens is 340 g/mol. The molecule has 0 fully saturated rings. The van der Waals surface area contributed by atoms with Gasteiger partial charge in [-0.1, -0.05) is 57.2 Å². The van der Waals surface area contributed by atoms with Crippen molar-refractivity contribution in [2.45, 2.75) is 70.9 Å². The number of ether oxygens (including phenoxy) is 2. The lowest BCUT2D eigenvalue weighted by Crippen LogP contribution is -2.34. The van der Waals surface area contributed by atoms with Crippen LogP contribution in [0.25, 0.3) is 0 Å². The van der Waals surface area contributed by atoms with Crippen molar-refractivity contribution in [2.75, 3.05) is 19.8 Å². The van der Waals surface area contributed by atoms with Crippen LogP contribution in [0.4, 0.5) is 0 Å². The van der Waals surface area contributed by atoms with Crippen molar-refractivity contribution in [1.82, 2.24) is 5.32 Å². The molecule has 2 rings (SSSR count). The zero-order valence-corrected chi connectivity index (χ0v) is 16.8. The highest BCUT2D eigenvalue weighted by atomic mass is 16.5. The van der Waals surface area contributed by atoms with Crippen LogP contribution >= 0.6 is 0 Å². The van der Waals surface area contributed by atoms with E-state index in [4.69, 9.17) is 9.47 Å². The lowest BCUT2D eigenvalue weighted by atomic mass is 10.0. The molecule has 0 radical (unpaired) electrons. The molecule has 0 saturated heterocycles. The number of rotatable bonds is 13. The first kappa shape index (κ1) is 21.4. The van der Waals surface area contributed by atoms with Gasteiger partial charge in [0.05, 0.1) is 6.61 Å². The van der Waals surface area contributed by atoms with Gasteiger partial charge in [-0.05, 0) is 25.0 Å². The fourth-order valence-corrected chi connectivity index (χ4v) is 3.25. The summed E-state index contributed by atoms with van der Waals surface area (Å²) >= 11 is 0. The summed E-state index contributed by atoms with van der Waals surface area (Å²) < 4.78 is 11.5. The third kappa shape index (κ3) is 8.57. The number of carbonyl (C=O) groups excluding carboxylic acids is 1. The quantitative estimate of drug-likeness (QED) is 0.529. The molecule has 0 saturated carbocycles. The summed E-state index contributed by atoms with van der Waals surface area (Å²) in [6.45, 7) is 5.56. The van der Waals surface area contributed by atoms with E-state index < -0.39 is 0 Å². The van der Waals surface area contributed by atoms with Gasteiger partial charge in [0, 0.05) is 25.1 Å². The molecule has 1 aliphatic rings. The number of nitrogens with one attached hydrogen (secondary N) is 1. The Bertz CT molecular complexity index is 574. The van der Waals surface area contributed by atoms with Gasteiger partial charge < -0.3 is 14.8 Å². The average molecular weight is 375 g/mol. The van der Waals surface area contributed by atoms with Gasteiger partial charge in [0.1, 0.15) is 12.6 Å².